The van der Waals surface area contributed by atoms with Gasteiger partial charge >= 0.3 is 6.18 Å². The van der Waals surface area contributed by atoms with Crippen LogP contribution in [0.2, 0.25) is 0 Å². The van der Waals surface area contributed by atoms with E-state index in [2.05, 4.69) is 17.2 Å². The molecule has 0 spiro atoms. The van der Waals surface area contributed by atoms with Gasteiger partial charge in [-0.1, -0.05) is 19.8 Å². The topological polar surface area (TPSA) is 21.3 Å². The molecular weight excluding hydrogens is 207 g/mol. The van der Waals surface area contributed by atoms with Crippen LogP contribution < -0.4 is 5.48 Å². The van der Waals surface area contributed by atoms with E-state index in [9.17, 15) is 13.2 Å². The van der Waals surface area contributed by atoms with Crippen LogP contribution in [0.3, 0.4) is 0 Å². The summed E-state index contributed by atoms with van der Waals surface area (Å²) in [5.74, 6) is 1.23. The second-order valence-corrected chi connectivity index (χ2v) is 4.38. The van der Waals surface area contributed by atoms with E-state index in [0.29, 0.717) is 12.5 Å². The molecule has 0 atom stereocenters. The normalized spacial score (nSPS) is 28.0. The Labute approximate surface area is 88.1 Å². The number of hydrogen-bond donors (Lipinski definition) is 1. The summed E-state index contributed by atoms with van der Waals surface area (Å²) in [5.41, 5.74) is 2.41. The molecule has 2 nitrogen and oxygen atoms in total. The molecule has 0 heterocycles. The molecule has 5 heteroatoms. The van der Waals surface area contributed by atoms with Crippen LogP contribution in [0.4, 0.5) is 13.2 Å². The fraction of sp³-hybridized carbons (Fsp3) is 1.00. The van der Waals surface area contributed by atoms with Crippen LogP contribution in [0.5, 0.6) is 0 Å². The first kappa shape index (κ1) is 12.8. The summed E-state index contributed by atoms with van der Waals surface area (Å²) in [7, 11) is 0. The third-order valence-corrected chi connectivity index (χ3v) is 2.85. The van der Waals surface area contributed by atoms with Gasteiger partial charge in [0.2, 0.25) is 0 Å². The van der Waals surface area contributed by atoms with Crippen LogP contribution in [-0.2, 0) is 4.84 Å². The van der Waals surface area contributed by atoms with Crippen molar-refractivity contribution < 1.29 is 18.0 Å². The maximum atomic E-state index is 11.7. The maximum absolute atomic E-state index is 11.7. The van der Waals surface area contributed by atoms with Crippen molar-refractivity contribution in [2.24, 2.45) is 11.8 Å². The highest BCUT2D eigenvalue weighted by Crippen LogP contribution is 2.27. The van der Waals surface area contributed by atoms with Crippen LogP contribution in [0.25, 0.3) is 0 Å². The second kappa shape index (κ2) is 5.70. The Hall–Kier alpha value is -0.290. The van der Waals surface area contributed by atoms with Crippen LogP contribution in [-0.4, -0.2) is 19.3 Å². The predicted octanol–water partition coefficient (Wildman–Crippen LogP) is 2.90. The highest BCUT2D eigenvalue weighted by molar-refractivity contribution is 4.70. The second-order valence-electron chi connectivity index (χ2n) is 4.38. The fourth-order valence-corrected chi connectivity index (χ4v) is 1.84. The predicted molar refractivity (Wildman–Crippen MR) is 51.1 cm³/mol. The molecule has 0 unspecified atom stereocenters. The smallest absolute Gasteiger partial charge is 0.292 e. The number of nitrogens with one attached hydrogen (secondary N) is 1. The van der Waals surface area contributed by atoms with E-state index >= 15 is 0 Å². The molecule has 0 aromatic carbocycles. The molecule has 1 N–H and O–H groups in total. The summed E-state index contributed by atoms with van der Waals surface area (Å²) < 4.78 is 35.1. The largest absolute Gasteiger partial charge is 0.413 e. The number of halogens is 3. The molecular formula is C10H18F3NO. The van der Waals surface area contributed by atoms with Crippen molar-refractivity contribution in [1.82, 2.24) is 5.48 Å². The van der Waals surface area contributed by atoms with Gasteiger partial charge in [0.1, 0.15) is 0 Å². The van der Waals surface area contributed by atoms with Crippen LogP contribution in [0.15, 0.2) is 0 Å². The van der Waals surface area contributed by atoms with Gasteiger partial charge in [-0.2, -0.15) is 13.2 Å². The van der Waals surface area contributed by atoms with E-state index in [1.807, 2.05) is 0 Å². The lowest BCUT2D eigenvalue weighted by Crippen LogP contribution is -2.30. The van der Waals surface area contributed by atoms with E-state index in [4.69, 9.17) is 0 Å². The van der Waals surface area contributed by atoms with Gasteiger partial charge in [-0.3, -0.25) is 4.84 Å². The molecule has 1 rings (SSSR count). The average Bonchev–Trinajstić information content (AvgIpc) is 2.14. The molecule has 0 bridgehead atoms. The minimum Gasteiger partial charge on any atom is -0.292 e. The molecule has 1 saturated carbocycles. The van der Waals surface area contributed by atoms with E-state index in [1.165, 1.54) is 12.8 Å². The molecule has 1 aliphatic rings. The highest BCUT2D eigenvalue weighted by Gasteiger charge is 2.28. The van der Waals surface area contributed by atoms with E-state index in [0.717, 1.165) is 18.8 Å². The quantitative estimate of drug-likeness (QED) is 0.586. The van der Waals surface area contributed by atoms with Gasteiger partial charge in [-0.05, 0) is 24.7 Å². The van der Waals surface area contributed by atoms with Crippen molar-refractivity contribution in [3.05, 3.63) is 0 Å². The molecule has 0 aromatic rings. The van der Waals surface area contributed by atoms with Crippen molar-refractivity contribution in [3.63, 3.8) is 0 Å². The SMILES string of the molecule is CC1CCC(CNOCC(F)(F)F)CC1. The molecule has 0 radical (unpaired) electrons. The molecule has 1 aliphatic carbocycles. The van der Waals surface area contributed by atoms with E-state index in [-0.39, 0.29) is 0 Å². The summed E-state index contributed by atoms with van der Waals surface area (Å²) in [6, 6.07) is 0. The fourth-order valence-electron chi connectivity index (χ4n) is 1.84. The third-order valence-electron chi connectivity index (χ3n) is 2.85. The van der Waals surface area contributed by atoms with Crippen LogP contribution in [0, 0.1) is 11.8 Å². The number of hydroxylamine groups is 1. The van der Waals surface area contributed by atoms with Crippen molar-refractivity contribution in [3.8, 4) is 0 Å². The minimum absolute atomic E-state index is 0.467. The summed E-state index contributed by atoms with van der Waals surface area (Å²) in [5, 5.41) is 0. The molecule has 1 fully saturated rings. The van der Waals surface area contributed by atoms with Gasteiger partial charge < -0.3 is 0 Å². The first-order chi connectivity index (χ1) is 6.97. The lowest BCUT2D eigenvalue weighted by Gasteiger charge is -2.26. The zero-order valence-electron chi connectivity index (χ0n) is 8.94. The van der Waals surface area contributed by atoms with E-state index in [1.54, 1.807) is 0 Å². The maximum Gasteiger partial charge on any atom is 0.413 e. The number of hydrogen-bond acceptors (Lipinski definition) is 2. The van der Waals surface area contributed by atoms with Crippen LogP contribution in [0.1, 0.15) is 32.6 Å². The Kier molecular flexibility index (Phi) is 4.86. The van der Waals surface area contributed by atoms with Crippen molar-refractivity contribution in [1.29, 1.82) is 0 Å². The Morgan fingerprint density at radius 3 is 2.33 bits per heavy atom. The Morgan fingerprint density at radius 2 is 1.80 bits per heavy atom. The zero-order valence-corrected chi connectivity index (χ0v) is 8.94. The molecule has 15 heavy (non-hydrogen) atoms. The molecule has 0 saturated heterocycles. The first-order valence-corrected chi connectivity index (χ1v) is 5.39. The molecule has 90 valence electrons. The lowest BCUT2D eigenvalue weighted by atomic mass is 9.83. The van der Waals surface area contributed by atoms with Gasteiger partial charge in [-0.25, -0.2) is 5.48 Å². The minimum atomic E-state index is -4.24. The van der Waals surface area contributed by atoms with Gasteiger partial charge in [0.05, 0.1) is 0 Å². The molecule has 0 aromatic heterocycles. The standard InChI is InChI=1S/C10H18F3NO/c1-8-2-4-9(5-3-8)6-14-15-7-10(11,12)13/h8-9,14H,2-7H2,1H3. The molecule has 0 aliphatic heterocycles. The zero-order chi connectivity index (χ0) is 11.3. The van der Waals surface area contributed by atoms with Crippen molar-refractivity contribution >= 4 is 0 Å². The van der Waals surface area contributed by atoms with Gasteiger partial charge in [0.15, 0.2) is 6.61 Å². The van der Waals surface area contributed by atoms with Crippen LogP contribution >= 0.6 is 0 Å². The number of rotatable bonds is 4. The Balaban J connectivity index is 2.01. The summed E-state index contributed by atoms with van der Waals surface area (Å²) in [4.78, 5) is 4.35. The number of alkyl halides is 3. The average molecular weight is 225 g/mol. The monoisotopic (exact) mass is 225 g/mol. The van der Waals surface area contributed by atoms with Gasteiger partial charge in [0, 0.05) is 6.54 Å². The Morgan fingerprint density at radius 1 is 1.20 bits per heavy atom. The summed E-state index contributed by atoms with van der Waals surface area (Å²) in [6.07, 6.45) is 0.276. The van der Waals surface area contributed by atoms with Crippen molar-refractivity contribution in [2.45, 2.75) is 38.8 Å². The first-order valence-electron chi connectivity index (χ1n) is 5.39. The summed E-state index contributed by atoms with van der Waals surface area (Å²) >= 11 is 0. The highest BCUT2D eigenvalue weighted by atomic mass is 19.4. The van der Waals surface area contributed by atoms with Gasteiger partial charge in [0.25, 0.3) is 0 Å². The Bertz CT molecular complexity index is 176. The van der Waals surface area contributed by atoms with Gasteiger partial charge in [-0.15, -0.1) is 0 Å². The summed E-state index contributed by atoms with van der Waals surface area (Å²) in [6.45, 7) is 1.53. The van der Waals surface area contributed by atoms with E-state index < -0.39 is 12.8 Å². The molecule has 0 amide bonds. The van der Waals surface area contributed by atoms with Crippen molar-refractivity contribution in [2.75, 3.05) is 13.2 Å². The lowest BCUT2D eigenvalue weighted by molar-refractivity contribution is -0.190. The third kappa shape index (κ3) is 5.99.